The number of anilines is 2. The summed E-state index contributed by atoms with van der Waals surface area (Å²) in [7, 11) is 4.01. The van der Waals surface area contributed by atoms with Crippen LogP contribution in [0.5, 0.6) is 5.75 Å². The molecule has 0 spiro atoms. The van der Waals surface area contributed by atoms with Gasteiger partial charge in [0.2, 0.25) is 0 Å². The number of carbonyl (C=O) groups is 2. The first-order chi connectivity index (χ1) is 17.0. The van der Waals surface area contributed by atoms with Crippen LogP contribution < -0.4 is 20.7 Å². The fourth-order valence-corrected chi connectivity index (χ4v) is 3.83. The normalized spacial score (nSPS) is 13.8. The van der Waals surface area contributed by atoms with E-state index in [1.165, 1.54) is 0 Å². The topological polar surface area (TPSA) is 82.7 Å². The van der Waals surface area contributed by atoms with Crippen LogP contribution in [0, 0.1) is 0 Å². The lowest BCUT2D eigenvalue weighted by Gasteiger charge is -2.16. The number of fused-ring (bicyclic) bond motifs is 1. The number of benzene rings is 3. The van der Waals surface area contributed by atoms with Crippen LogP contribution in [0.25, 0.3) is 11.3 Å². The molecule has 3 aromatic carbocycles. The summed E-state index contributed by atoms with van der Waals surface area (Å²) in [5.74, 6) is 0.396. The number of likely N-dealkylation sites (N-methyl/N-ethyl adjacent to an activating group) is 1. The van der Waals surface area contributed by atoms with Gasteiger partial charge in [0.25, 0.3) is 11.8 Å². The molecule has 180 valence electrons. The van der Waals surface area contributed by atoms with E-state index in [0.29, 0.717) is 35.7 Å². The maximum atomic E-state index is 13.1. The van der Waals surface area contributed by atoms with Crippen LogP contribution in [0.15, 0.2) is 72.8 Å². The number of nitrogens with one attached hydrogen (secondary N) is 3. The third-order valence-electron chi connectivity index (χ3n) is 5.61. The summed E-state index contributed by atoms with van der Waals surface area (Å²) in [5, 5.41) is 9.16. The van der Waals surface area contributed by atoms with Crippen molar-refractivity contribution < 1.29 is 14.3 Å². The van der Waals surface area contributed by atoms with Gasteiger partial charge in [-0.1, -0.05) is 36.4 Å². The Morgan fingerprint density at radius 3 is 2.40 bits per heavy atom. The molecule has 1 heterocycles. The number of hydrogen-bond donors (Lipinski definition) is 3. The Labute approximate surface area is 205 Å². The summed E-state index contributed by atoms with van der Waals surface area (Å²) in [6.07, 6.45) is 0. The van der Waals surface area contributed by atoms with Gasteiger partial charge >= 0.3 is 0 Å². The van der Waals surface area contributed by atoms with E-state index in [-0.39, 0.29) is 11.8 Å². The number of carbonyl (C=O) groups excluding carboxylic acids is 2. The SMILES string of the molecule is CCNC(=O)c1ccc2c(c1)NC(=O)/C2=C(\Nc1ccc(OCCN(C)C)cc1)c1ccccc1. The van der Waals surface area contributed by atoms with E-state index in [1.54, 1.807) is 12.1 Å². The van der Waals surface area contributed by atoms with E-state index >= 15 is 0 Å². The van der Waals surface area contributed by atoms with Gasteiger partial charge in [-0.3, -0.25) is 9.59 Å². The van der Waals surface area contributed by atoms with E-state index < -0.39 is 0 Å². The van der Waals surface area contributed by atoms with Crippen molar-refractivity contribution in [1.82, 2.24) is 10.2 Å². The number of rotatable bonds is 9. The van der Waals surface area contributed by atoms with Gasteiger partial charge in [-0.05, 0) is 63.0 Å². The number of amides is 2. The summed E-state index contributed by atoms with van der Waals surface area (Å²) in [6, 6.07) is 22.7. The average molecular weight is 471 g/mol. The van der Waals surface area contributed by atoms with Gasteiger partial charge in [0.1, 0.15) is 12.4 Å². The highest BCUT2D eigenvalue weighted by atomic mass is 16.5. The molecule has 0 saturated carbocycles. The predicted molar refractivity (Wildman–Crippen MR) is 140 cm³/mol. The number of ether oxygens (including phenoxy) is 1. The van der Waals surface area contributed by atoms with Gasteiger partial charge in [0, 0.05) is 35.6 Å². The van der Waals surface area contributed by atoms with Crippen molar-refractivity contribution in [2.24, 2.45) is 0 Å². The van der Waals surface area contributed by atoms with Crippen LogP contribution in [-0.2, 0) is 4.79 Å². The molecule has 7 heteroatoms. The van der Waals surface area contributed by atoms with E-state index in [1.807, 2.05) is 81.7 Å². The molecule has 0 atom stereocenters. The molecule has 3 N–H and O–H groups in total. The van der Waals surface area contributed by atoms with Crippen LogP contribution in [0.2, 0.25) is 0 Å². The lowest BCUT2D eigenvalue weighted by atomic mass is 9.99. The number of hydrogen-bond acceptors (Lipinski definition) is 5. The van der Waals surface area contributed by atoms with Crippen molar-refractivity contribution in [2.45, 2.75) is 6.92 Å². The first-order valence-corrected chi connectivity index (χ1v) is 11.6. The minimum absolute atomic E-state index is 0.170. The molecular weight excluding hydrogens is 440 g/mol. The molecule has 4 rings (SSSR count). The van der Waals surface area contributed by atoms with Gasteiger partial charge < -0.3 is 25.6 Å². The van der Waals surface area contributed by atoms with Crippen molar-refractivity contribution in [3.05, 3.63) is 89.5 Å². The highest BCUT2D eigenvalue weighted by Gasteiger charge is 2.29. The van der Waals surface area contributed by atoms with Crippen LogP contribution in [0.1, 0.15) is 28.4 Å². The third-order valence-corrected chi connectivity index (χ3v) is 5.61. The second-order valence-electron chi connectivity index (χ2n) is 8.49. The molecule has 0 unspecified atom stereocenters. The lowest BCUT2D eigenvalue weighted by Crippen LogP contribution is -2.22. The van der Waals surface area contributed by atoms with Crippen LogP contribution >= 0.6 is 0 Å². The first kappa shape index (κ1) is 24.0. The number of nitrogens with zero attached hydrogens (tertiary/aromatic N) is 1. The van der Waals surface area contributed by atoms with Gasteiger partial charge in [-0.25, -0.2) is 0 Å². The first-order valence-electron chi connectivity index (χ1n) is 11.6. The molecule has 0 radical (unpaired) electrons. The maximum absolute atomic E-state index is 13.1. The second kappa shape index (κ2) is 10.9. The Balaban J connectivity index is 1.67. The predicted octanol–water partition coefficient (Wildman–Crippen LogP) is 4.31. The molecule has 7 nitrogen and oxygen atoms in total. The lowest BCUT2D eigenvalue weighted by molar-refractivity contribution is -0.110. The maximum Gasteiger partial charge on any atom is 0.258 e. The summed E-state index contributed by atoms with van der Waals surface area (Å²) in [4.78, 5) is 27.5. The van der Waals surface area contributed by atoms with Crippen molar-refractivity contribution in [1.29, 1.82) is 0 Å². The Hall–Kier alpha value is -4.10. The van der Waals surface area contributed by atoms with Gasteiger partial charge in [0.15, 0.2) is 0 Å². The van der Waals surface area contributed by atoms with Gasteiger partial charge in [0.05, 0.1) is 11.3 Å². The summed E-state index contributed by atoms with van der Waals surface area (Å²) in [6.45, 7) is 3.85. The Morgan fingerprint density at radius 2 is 1.71 bits per heavy atom. The molecule has 1 aliphatic rings. The molecule has 3 aromatic rings. The summed E-state index contributed by atoms with van der Waals surface area (Å²) >= 11 is 0. The van der Waals surface area contributed by atoms with Gasteiger partial charge in [-0.15, -0.1) is 0 Å². The average Bonchev–Trinajstić information content (AvgIpc) is 3.18. The van der Waals surface area contributed by atoms with E-state index in [4.69, 9.17) is 4.74 Å². The van der Waals surface area contributed by atoms with E-state index in [0.717, 1.165) is 29.1 Å². The Bertz CT molecular complexity index is 1230. The van der Waals surface area contributed by atoms with Crippen LogP contribution in [0.4, 0.5) is 11.4 Å². The zero-order valence-corrected chi connectivity index (χ0v) is 20.2. The summed E-state index contributed by atoms with van der Waals surface area (Å²) in [5.41, 5.74) is 4.80. The van der Waals surface area contributed by atoms with Gasteiger partial charge in [-0.2, -0.15) is 0 Å². The standard InChI is InChI=1S/C28H30N4O3/c1-4-29-27(33)20-10-15-23-24(18-20)31-28(34)25(23)26(19-8-6-5-7-9-19)30-21-11-13-22(14-12-21)35-17-16-32(2)3/h5-15,18,30H,4,16-17H2,1-3H3,(H,29,33)(H,31,34)/b26-25-. The molecular formula is C28H30N4O3. The van der Waals surface area contributed by atoms with Crippen LogP contribution in [0.3, 0.4) is 0 Å². The van der Waals surface area contributed by atoms with Crippen molar-refractivity contribution >= 4 is 34.5 Å². The zero-order chi connectivity index (χ0) is 24.8. The smallest absolute Gasteiger partial charge is 0.258 e. The summed E-state index contributed by atoms with van der Waals surface area (Å²) < 4.78 is 5.79. The molecule has 2 amide bonds. The van der Waals surface area contributed by atoms with E-state index in [9.17, 15) is 9.59 Å². The van der Waals surface area contributed by atoms with Crippen molar-refractivity contribution in [3.63, 3.8) is 0 Å². The largest absolute Gasteiger partial charge is 0.492 e. The highest BCUT2D eigenvalue weighted by Crippen LogP contribution is 2.38. The third kappa shape index (κ3) is 5.70. The van der Waals surface area contributed by atoms with Crippen LogP contribution in [-0.4, -0.2) is 50.5 Å². The fourth-order valence-electron chi connectivity index (χ4n) is 3.83. The fraction of sp³-hybridized carbons (Fsp3) is 0.214. The molecule has 0 bridgehead atoms. The highest BCUT2D eigenvalue weighted by molar-refractivity contribution is 6.37. The minimum atomic E-state index is -0.219. The monoisotopic (exact) mass is 470 g/mol. The van der Waals surface area contributed by atoms with Crippen molar-refractivity contribution in [3.8, 4) is 5.75 Å². The molecule has 35 heavy (non-hydrogen) atoms. The second-order valence-corrected chi connectivity index (χ2v) is 8.49. The molecule has 1 aliphatic heterocycles. The zero-order valence-electron chi connectivity index (χ0n) is 20.2. The van der Waals surface area contributed by atoms with E-state index in [2.05, 4.69) is 20.9 Å². The molecule has 0 aromatic heterocycles. The molecule has 0 aliphatic carbocycles. The molecule has 0 saturated heterocycles. The van der Waals surface area contributed by atoms with Crippen molar-refractivity contribution in [2.75, 3.05) is 44.4 Å². The molecule has 0 fully saturated rings. The Morgan fingerprint density at radius 1 is 0.971 bits per heavy atom. The minimum Gasteiger partial charge on any atom is -0.492 e. The Kier molecular flexibility index (Phi) is 7.48. The quantitative estimate of drug-likeness (QED) is 0.406.